The van der Waals surface area contributed by atoms with Crippen LogP contribution in [0.3, 0.4) is 0 Å². The largest absolute Gasteiger partial charge is 0.465 e. The molecule has 0 aromatic heterocycles. The van der Waals surface area contributed by atoms with Gasteiger partial charge < -0.3 is 10.5 Å². The van der Waals surface area contributed by atoms with Crippen molar-refractivity contribution in [1.29, 1.82) is 5.26 Å². The van der Waals surface area contributed by atoms with Crippen molar-refractivity contribution in [3.8, 4) is 17.2 Å². The molecule has 0 spiro atoms. The van der Waals surface area contributed by atoms with Gasteiger partial charge in [-0.15, -0.1) is 0 Å². The quantitative estimate of drug-likeness (QED) is 0.645. The van der Waals surface area contributed by atoms with E-state index < -0.39 is 29.0 Å². The molecule has 0 saturated carbocycles. The van der Waals surface area contributed by atoms with Gasteiger partial charge in [0, 0.05) is 16.1 Å². The van der Waals surface area contributed by atoms with Crippen LogP contribution in [0, 0.1) is 11.3 Å². The summed E-state index contributed by atoms with van der Waals surface area (Å²) >= 11 is 6.01. The minimum atomic E-state index is -4.87. The first-order valence-electron chi connectivity index (χ1n) is 6.49. The maximum absolute atomic E-state index is 13.4. The molecular weight excluding hydrogens is 345 g/mol. The number of halogens is 4. The van der Waals surface area contributed by atoms with Crippen molar-refractivity contribution in [3.05, 3.63) is 52.0 Å². The third-order valence-corrected chi connectivity index (χ3v) is 3.67. The minimum Gasteiger partial charge on any atom is -0.465 e. The number of ether oxygens (including phenoxy) is 1. The van der Waals surface area contributed by atoms with Crippen LogP contribution in [0.1, 0.15) is 21.5 Å². The molecule has 0 amide bonds. The van der Waals surface area contributed by atoms with Crippen LogP contribution in [-0.4, -0.2) is 13.1 Å². The van der Waals surface area contributed by atoms with Crippen molar-refractivity contribution in [2.24, 2.45) is 0 Å². The predicted octanol–water partition coefficient (Wildman–Crippen LogP) is 4.27. The normalized spacial score (nSPS) is 11.0. The molecule has 0 aliphatic heterocycles. The highest BCUT2D eigenvalue weighted by molar-refractivity contribution is 6.33. The average molecular weight is 355 g/mol. The molecule has 0 fully saturated rings. The van der Waals surface area contributed by atoms with Crippen LogP contribution in [0.25, 0.3) is 11.1 Å². The molecule has 0 saturated heterocycles. The summed E-state index contributed by atoms with van der Waals surface area (Å²) in [6.07, 6.45) is -4.87. The molecule has 0 unspecified atom stereocenters. The lowest BCUT2D eigenvalue weighted by Gasteiger charge is -2.18. The second-order valence-corrected chi connectivity index (χ2v) is 5.12. The number of carbonyl (C=O) groups is 1. The maximum Gasteiger partial charge on any atom is 0.417 e. The van der Waals surface area contributed by atoms with Gasteiger partial charge >= 0.3 is 12.1 Å². The lowest BCUT2D eigenvalue weighted by Crippen LogP contribution is -2.18. The second kappa shape index (κ2) is 6.42. The summed E-state index contributed by atoms with van der Waals surface area (Å²) in [6, 6.07) is 8.48. The Balaban J connectivity index is 2.94. The van der Waals surface area contributed by atoms with Crippen LogP contribution in [0.4, 0.5) is 18.9 Å². The molecule has 0 radical (unpaired) electrons. The van der Waals surface area contributed by atoms with E-state index in [1.165, 1.54) is 12.1 Å². The van der Waals surface area contributed by atoms with Crippen LogP contribution >= 0.6 is 11.6 Å². The van der Waals surface area contributed by atoms with Crippen molar-refractivity contribution in [1.82, 2.24) is 0 Å². The molecular formula is C16H10ClF3N2O2. The number of alkyl halides is 3. The molecule has 8 heteroatoms. The van der Waals surface area contributed by atoms with E-state index in [4.69, 9.17) is 17.3 Å². The lowest BCUT2D eigenvalue weighted by atomic mass is 9.91. The first-order chi connectivity index (χ1) is 11.2. The number of esters is 1. The first kappa shape index (κ1) is 17.6. The Morgan fingerprint density at radius 2 is 1.92 bits per heavy atom. The molecule has 0 bridgehead atoms. The van der Waals surface area contributed by atoms with Crippen LogP contribution in [0.5, 0.6) is 0 Å². The summed E-state index contributed by atoms with van der Waals surface area (Å²) in [5.41, 5.74) is 2.71. The van der Waals surface area contributed by atoms with Gasteiger partial charge in [0.1, 0.15) is 6.07 Å². The van der Waals surface area contributed by atoms with Gasteiger partial charge in [-0.1, -0.05) is 29.8 Å². The Labute approximate surface area is 140 Å². The van der Waals surface area contributed by atoms with Gasteiger partial charge in [0.05, 0.1) is 29.5 Å². The number of carbonyl (C=O) groups excluding carboxylic acids is 1. The highest BCUT2D eigenvalue weighted by atomic mass is 35.5. The number of rotatable bonds is 2. The molecule has 2 aromatic rings. The van der Waals surface area contributed by atoms with Gasteiger partial charge in [-0.2, -0.15) is 18.4 Å². The molecule has 4 nitrogen and oxygen atoms in total. The van der Waals surface area contributed by atoms with E-state index in [-0.39, 0.29) is 21.7 Å². The van der Waals surface area contributed by atoms with Gasteiger partial charge in [-0.25, -0.2) is 4.79 Å². The van der Waals surface area contributed by atoms with Crippen molar-refractivity contribution in [2.45, 2.75) is 6.18 Å². The fraction of sp³-hybridized carbons (Fsp3) is 0.125. The number of anilines is 1. The topological polar surface area (TPSA) is 76.1 Å². The van der Waals surface area contributed by atoms with Gasteiger partial charge in [0.25, 0.3) is 0 Å². The zero-order chi connectivity index (χ0) is 18.1. The monoisotopic (exact) mass is 354 g/mol. The van der Waals surface area contributed by atoms with Crippen LogP contribution < -0.4 is 5.73 Å². The Hall–Kier alpha value is -2.72. The fourth-order valence-corrected chi connectivity index (χ4v) is 2.50. The highest BCUT2D eigenvalue weighted by Crippen LogP contribution is 2.42. The van der Waals surface area contributed by atoms with E-state index >= 15 is 0 Å². The molecule has 0 aliphatic carbocycles. The average Bonchev–Trinajstić information content (AvgIpc) is 2.53. The molecule has 0 heterocycles. The van der Waals surface area contributed by atoms with Crippen molar-refractivity contribution in [3.63, 3.8) is 0 Å². The zero-order valence-corrected chi connectivity index (χ0v) is 13.0. The van der Waals surface area contributed by atoms with Crippen LogP contribution in [0.2, 0.25) is 5.02 Å². The first-order valence-corrected chi connectivity index (χ1v) is 6.87. The molecule has 2 aromatic carbocycles. The Morgan fingerprint density at radius 1 is 1.29 bits per heavy atom. The van der Waals surface area contributed by atoms with Gasteiger partial charge in [-0.3, -0.25) is 0 Å². The number of nitrogen functional groups attached to an aromatic ring is 1. The van der Waals surface area contributed by atoms with Crippen LogP contribution in [0.15, 0.2) is 30.3 Å². The smallest absolute Gasteiger partial charge is 0.417 e. The SMILES string of the molecule is COC(=O)c1c(C(F)(F)F)cc(-c2ccccc2Cl)c(C#N)c1N. The van der Waals surface area contributed by atoms with Crippen LogP contribution in [-0.2, 0) is 10.9 Å². The zero-order valence-electron chi connectivity index (χ0n) is 12.2. The number of nitrogens with two attached hydrogens (primary N) is 1. The van der Waals surface area contributed by atoms with E-state index in [2.05, 4.69) is 4.74 Å². The number of hydrogen-bond donors (Lipinski definition) is 1. The summed E-state index contributed by atoms with van der Waals surface area (Å²) in [5, 5.41) is 9.46. The fourth-order valence-electron chi connectivity index (χ4n) is 2.26. The number of benzene rings is 2. The van der Waals surface area contributed by atoms with E-state index in [0.29, 0.717) is 6.07 Å². The summed E-state index contributed by atoms with van der Waals surface area (Å²) in [4.78, 5) is 11.7. The van der Waals surface area contributed by atoms with Crippen molar-refractivity contribution in [2.75, 3.05) is 12.8 Å². The standard InChI is InChI=1S/C16H10ClF3N2O2/c1-24-15(23)13-11(16(18,19)20)6-9(10(7-21)14(13)22)8-4-2-3-5-12(8)17/h2-6H,22H2,1H3. The molecule has 0 aliphatic rings. The minimum absolute atomic E-state index is 0.111. The molecule has 124 valence electrons. The lowest BCUT2D eigenvalue weighted by molar-refractivity contribution is -0.138. The summed E-state index contributed by atoms with van der Waals surface area (Å²) in [6.45, 7) is 0. The molecule has 24 heavy (non-hydrogen) atoms. The molecule has 2 N–H and O–H groups in total. The number of nitriles is 1. The molecule has 0 atom stereocenters. The van der Waals surface area contributed by atoms with Gasteiger partial charge in [-0.05, 0) is 12.1 Å². The highest BCUT2D eigenvalue weighted by Gasteiger charge is 2.39. The Kier molecular flexibility index (Phi) is 4.71. The second-order valence-electron chi connectivity index (χ2n) is 4.72. The Bertz CT molecular complexity index is 858. The number of methoxy groups -OCH3 is 1. The number of nitrogens with zero attached hydrogens (tertiary/aromatic N) is 1. The number of hydrogen-bond acceptors (Lipinski definition) is 4. The van der Waals surface area contributed by atoms with E-state index in [0.717, 1.165) is 7.11 Å². The van der Waals surface area contributed by atoms with E-state index in [1.807, 2.05) is 0 Å². The van der Waals surface area contributed by atoms with Crippen molar-refractivity contribution < 1.29 is 22.7 Å². The summed E-state index contributed by atoms with van der Waals surface area (Å²) in [5.74, 6) is -1.28. The Morgan fingerprint density at radius 3 is 2.42 bits per heavy atom. The summed E-state index contributed by atoms with van der Waals surface area (Å²) in [7, 11) is 0.927. The predicted molar refractivity (Wildman–Crippen MR) is 82.4 cm³/mol. The van der Waals surface area contributed by atoms with E-state index in [1.54, 1.807) is 18.2 Å². The van der Waals surface area contributed by atoms with Crippen molar-refractivity contribution >= 4 is 23.3 Å². The summed E-state index contributed by atoms with van der Waals surface area (Å²) < 4.78 is 44.5. The third-order valence-electron chi connectivity index (χ3n) is 3.34. The molecule has 2 rings (SSSR count). The maximum atomic E-state index is 13.4. The van der Waals surface area contributed by atoms with Gasteiger partial charge in [0.15, 0.2) is 0 Å². The van der Waals surface area contributed by atoms with Gasteiger partial charge in [0.2, 0.25) is 0 Å². The van der Waals surface area contributed by atoms with E-state index in [9.17, 15) is 23.2 Å². The third kappa shape index (κ3) is 3.01.